The van der Waals surface area contributed by atoms with Crippen LogP contribution in [-0.2, 0) is 19.1 Å². The molecular formula is C31H42O4. The fourth-order valence-electron chi connectivity index (χ4n) is 9.08. The number of ether oxygens (including phenoxy) is 1. The van der Waals surface area contributed by atoms with Crippen LogP contribution in [0.1, 0.15) is 93.4 Å². The minimum Gasteiger partial charge on any atom is -0.466 e. The summed E-state index contributed by atoms with van der Waals surface area (Å²) in [6.45, 7) is 16.0. The van der Waals surface area contributed by atoms with Gasteiger partial charge in [0.1, 0.15) is 0 Å². The first-order valence-electron chi connectivity index (χ1n) is 13.7. The van der Waals surface area contributed by atoms with Crippen molar-refractivity contribution in [3.63, 3.8) is 0 Å². The Kier molecular flexibility index (Phi) is 5.31. The lowest BCUT2D eigenvalue weighted by Gasteiger charge is -2.70. The van der Waals surface area contributed by atoms with E-state index in [1.165, 1.54) is 5.57 Å². The van der Waals surface area contributed by atoms with Crippen LogP contribution in [0.3, 0.4) is 0 Å². The molecule has 0 radical (unpaired) electrons. The summed E-state index contributed by atoms with van der Waals surface area (Å²) in [5, 5.41) is 0. The molecule has 0 N–H and O–H groups in total. The zero-order valence-corrected chi connectivity index (χ0v) is 22.7. The Morgan fingerprint density at radius 1 is 0.971 bits per heavy atom. The second kappa shape index (κ2) is 7.52. The van der Waals surface area contributed by atoms with Gasteiger partial charge in [0, 0.05) is 11.3 Å². The summed E-state index contributed by atoms with van der Waals surface area (Å²) >= 11 is 0. The molecule has 3 saturated carbocycles. The van der Waals surface area contributed by atoms with E-state index in [-0.39, 0.29) is 45.1 Å². The van der Waals surface area contributed by atoms with Crippen molar-refractivity contribution >= 4 is 17.5 Å². The first-order chi connectivity index (χ1) is 16.3. The zero-order chi connectivity index (χ0) is 25.6. The van der Waals surface area contributed by atoms with Crippen molar-refractivity contribution in [2.24, 2.45) is 38.9 Å². The normalized spacial score (nSPS) is 46.8. The van der Waals surface area contributed by atoms with Gasteiger partial charge in [0.25, 0.3) is 0 Å². The van der Waals surface area contributed by atoms with Gasteiger partial charge >= 0.3 is 5.97 Å². The van der Waals surface area contributed by atoms with E-state index in [9.17, 15) is 14.4 Å². The first kappa shape index (κ1) is 24.7. The largest absolute Gasteiger partial charge is 0.466 e. The Morgan fingerprint density at radius 2 is 1.66 bits per heavy atom. The maximum atomic E-state index is 13.1. The fraction of sp³-hybridized carbons (Fsp3) is 0.710. The van der Waals surface area contributed by atoms with Gasteiger partial charge in [-0.2, -0.15) is 0 Å². The molecule has 190 valence electrons. The summed E-state index contributed by atoms with van der Waals surface area (Å²) < 4.78 is 5.56. The Balaban J connectivity index is 1.60. The molecule has 7 atom stereocenters. The number of ketones is 2. The lowest BCUT2D eigenvalue weighted by molar-refractivity contribution is -0.182. The molecular weight excluding hydrogens is 436 g/mol. The highest BCUT2D eigenvalue weighted by atomic mass is 16.5. The molecule has 0 aliphatic heterocycles. The van der Waals surface area contributed by atoms with Gasteiger partial charge in [0.2, 0.25) is 11.6 Å². The first-order valence-corrected chi connectivity index (χ1v) is 13.7. The van der Waals surface area contributed by atoms with E-state index in [0.29, 0.717) is 12.5 Å². The van der Waals surface area contributed by atoms with Gasteiger partial charge in [-0.1, -0.05) is 52.3 Å². The number of carbonyl (C=O) groups excluding carboxylic acids is 3. The molecule has 0 aromatic rings. The highest BCUT2D eigenvalue weighted by molar-refractivity contribution is 6.44. The van der Waals surface area contributed by atoms with E-state index in [1.807, 2.05) is 13.8 Å². The van der Waals surface area contributed by atoms with Crippen LogP contribution in [0.4, 0.5) is 0 Å². The van der Waals surface area contributed by atoms with E-state index in [2.05, 4.69) is 46.8 Å². The lowest BCUT2D eigenvalue weighted by Crippen LogP contribution is -2.62. The smallest absolute Gasteiger partial charge is 0.311 e. The SMILES string of the molecule is CCOC(=O)[C@]1(C)CC[C@]2(C)CC[C@]3(C)C4=CC=C5C(=CC(=O)C(=O)C5C)[C@]4(C)CC[C@@]3(C)[C@@H]2C1. The fourth-order valence-corrected chi connectivity index (χ4v) is 9.08. The number of Topliss-reactive ketones (excluding diaryl/α,β-unsaturated/α-hetero) is 1. The average Bonchev–Trinajstić information content (AvgIpc) is 2.81. The third kappa shape index (κ3) is 3.07. The molecule has 3 fully saturated rings. The topological polar surface area (TPSA) is 60.4 Å². The van der Waals surface area contributed by atoms with Gasteiger partial charge in [0.05, 0.1) is 12.0 Å². The predicted molar refractivity (Wildman–Crippen MR) is 136 cm³/mol. The van der Waals surface area contributed by atoms with Crippen LogP contribution >= 0.6 is 0 Å². The summed E-state index contributed by atoms with van der Waals surface area (Å²) in [5.74, 6) is -0.611. The number of carbonyl (C=O) groups is 3. The molecule has 0 heterocycles. The Bertz CT molecular complexity index is 1110. The quantitative estimate of drug-likeness (QED) is 0.333. The monoisotopic (exact) mass is 478 g/mol. The molecule has 5 rings (SSSR count). The van der Waals surface area contributed by atoms with Gasteiger partial charge in [-0.15, -0.1) is 0 Å². The molecule has 5 aliphatic rings. The van der Waals surface area contributed by atoms with Gasteiger partial charge in [-0.3, -0.25) is 14.4 Å². The molecule has 35 heavy (non-hydrogen) atoms. The summed E-state index contributed by atoms with van der Waals surface area (Å²) in [6, 6.07) is 0. The number of hydrogen-bond donors (Lipinski definition) is 0. The zero-order valence-electron chi connectivity index (χ0n) is 22.7. The molecule has 5 aliphatic carbocycles. The van der Waals surface area contributed by atoms with Gasteiger partial charge in [-0.25, -0.2) is 0 Å². The second-order valence-corrected chi connectivity index (χ2v) is 13.5. The van der Waals surface area contributed by atoms with Crippen LogP contribution in [0, 0.1) is 38.9 Å². The molecule has 0 amide bonds. The highest BCUT2D eigenvalue weighted by Gasteiger charge is 2.67. The van der Waals surface area contributed by atoms with Crippen molar-refractivity contribution < 1.29 is 19.1 Å². The van der Waals surface area contributed by atoms with E-state index < -0.39 is 5.41 Å². The van der Waals surface area contributed by atoms with Crippen LogP contribution in [0.5, 0.6) is 0 Å². The van der Waals surface area contributed by atoms with Gasteiger partial charge in [0.15, 0.2) is 0 Å². The van der Waals surface area contributed by atoms with Crippen molar-refractivity contribution in [2.75, 3.05) is 6.61 Å². The van der Waals surface area contributed by atoms with Crippen molar-refractivity contribution in [3.05, 3.63) is 34.9 Å². The molecule has 4 heteroatoms. The van der Waals surface area contributed by atoms with E-state index in [1.54, 1.807) is 6.08 Å². The van der Waals surface area contributed by atoms with Crippen LogP contribution in [0.25, 0.3) is 0 Å². The van der Waals surface area contributed by atoms with Crippen molar-refractivity contribution in [1.29, 1.82) is 0 Å². The highest BCUT2D eigenvalue weighted by Crippen LogP contribution is 2.75. The summed E-state index contributed by atoms with van der Waals surface area (Å²) in [4.78, 5) is 38.1. The Morgan fingerprint density at radius 3 is 2.34 bits per heavy atom. The molecule has 4 nitrogen and oxygen atoms in total. The van der Waals surface area contributed by atoms with Crippen molar-refractivity contribution in [3.8, 4) is 0 Å². The molecule has 0 saturated heterocycles. The lowest BCUT2D eigenvalue weighted by atomic mass is 9.34. The minimum absolute atomic E-state index is 0.0340. The Hall–Kier alpha value is -1.97. The molecule has 0 aromatic heterocycles. The summed E-state index contributed by atoms with van der Waals surface area (Å²) in [7, 11) is 0. The summed E-state index contributed by atoms with van der Waals surface area (Å²) in [6.07, 6.45) is 13.2. The van der Waals surface area contributed by atoms with Crippen LogP contribution in [0.15, 0.2) is 34.9 Å². The van der Waals surface area contributed by atoms with Crippen LogP contribution in [-0.4, -0.2) is 24.1 Å². The van der Waals surface area contributed by atoms with Crippen molar-refractivity contribution in [1.82, 2.24) is 0 Å². The molecule has 0 aromatic carbocycles. The predicted octanol–water partition coefficient (Wildman–Crippen LogP) is 6.55. The molecule has 0 spiro atoms. The number of allylic oxidation sites excluding steroid dienone is 6. The Labute approximate surface area is 210 Å². The maximum absolute atomic E-state index is 13.1. The molecule has 1 unspecified atom stereocenters. The van der Waals surface area contributed by atoms with E-state index >= 15 is 0 Å². The number of fused-ring (bicyclic) bond motifs is 7. The molecule has 0 bridgehead atoms. The van der Waals surface area contributed by atoms with Gasteiger partial charge < -0.3 is 4.74 Å². The number of hydrogen-bond acceptors (Lipinski definition) is 4. The summed E-state index contributed by atoms with van der Waals surface area (Å²) in [5.41, 5.74) is 3.11. The third-order valence-corrected chi connectivity index (χ3v) is 11.8. The maximum Gasteiger partial charge on any atom is 0.311 e. The second-order valence-electron chi connectivity index (χ2n) is 13.5. The number of esters is 1. The van der Waals surface area contributed by atoms with E-state index in [4.69, 9.17) is 4.74 Å². The minimum atomic E-state index is -0.426. The third-order valence-electron chi connectivity index (χ3n) is 11.8. The average molecular weight is 479 g/mol. The standard InChI is InChI=1S/C31H42O4/c1-8-35-26(34)28(4)12-11-27(3)13-15-30(6)23-10-9-20-19(2)25(33)22(32)17-21(20)29(23,5)14-16-31(30,7)24(27)18-28/h9-10,17,19,24H,8,11-16,18H2,1-7H3/t19?,24-,27-,28-,29+,30-,31+/m1/s1. The number of rotatable bonds is 2. The van der Waals surface area contributed by atoms with Crippen molar-refractivity contribution in [2.45, 2.75) is 93.4 Å². The van der Waals surface area contributed by atoms with Crippen LogP contribution in [0.2, 0.25) is 0 Å². The van der Waals surface area contributed by atoms with Gasteiger partial charge in [-0.05, 0) is 98.2 Å². The van der Waals surface area contributed by atoms with Crippen LogP contribution < -0.4 is 0 Å². The van der Waals surface area contributed by atoms with E-state index in [0.717, 1.165) is 56.1 Å².